The lowest BCUT2D eigenvalue weighted by Gasteiger charge is -2.27. The Balaban J connectivity index is 1.93. The number of hydrogen-bond donors (Lipinski definition) is 0. The molecule has 126 valence electrons. The van der Waals surface area contributed by atoms with E-state index in [1.807, 2.05) is 42.5 Å². The highest BCUT2D eigenvalue weighted by atomic mass is 16.1. The van der Waals surface area contributed by atoms with Crippen molar-refractivity contribution in [1.82, 2.24) is 0 Å². The van der Waals surface area contributed by atoms with Crippen LogP contribution in [-0.4, -0.2) is 5.78 Å². The van der Waals surface area contributed by atoms with Gasteiger partial charge in [-0.05, 0) is 54.8 Å². The summed E-state index contributed by atoms with van der Waals surface area (Å²) in [6.07, 6.45) is 0. The minimum Gasteiger partial charge on any atom is -0.310 e. The number of Topliss-reactive ketones (excluding diaryl/α,β-unsaturated/α-hetero) is 1. The summed E-state index contributed by atoms with van der Waals surface area (Å²) in [5, 5.41) is 2.39. The van der Waals surface area contributed by atoms with Crippen LogP contribution in [0, 0.1) is 0 Å². The van der Waals surface area contributed by atoms with Gasteiger partial charge in [-0.1, -0.05) is 54.6 Å². The minimum absolute atomic E-state index is 0.0768. The largest absolute Gasteiger partial charge is 0.310 e. The number of rotatable bonds is 4. The third-order valence-electron chi connectivity index (χ3n) is 4.55. The molecule has 0 fully saturated rings. The number of para-hydroxylation sites is 1. The van der Waals surface area contributed by atoms with Gasteiger partial charge in [0.2, 0.25) is 0 Å². The lowest BCUT2D eigenvalue weighted by atomic mass is 10.1. The summed E-state index contributed by atoms with van der Waals surface area (Å²) < 4.78 is 0. The second-order valence-corrected chi connectivity index (χ2v) is 6.27. The zero-order chi connectivity index (χ0) is 17.9. The standard InChI is InChI=1S/C24H19NO/c1-18(26)19-14-16-22(17-15-19)25(21-10-3-2-4-11-21)24-13-7-9-20-8-5-6-12-23(20)24/h2-17H,1H3. The Labute approximate surface area is 153 Å². The van der Waals surface area contributed by atoms with E-state index in [-0.39, 0.29) is 5.78 Å². The van der Waals surface area contributed by atoms with Crippen LogP contribution < -0.4 is 4.90 Å². The Morgan fingerprint density at radius 3 is 2.00 bits per heavy atom. The van der Waals surface area contributed by atoms with E-state index in [0.717, 1.165) is 22.6 Å². The van der Waals surface area contributed by atoms with Crippen molar-refractivity contribution in [1.29, 1.82) is 0 Å². The highest BCUT2D eigenvalue weighted by molar-refractivity contribution is 5.99. The summed E-state index contributed by atoms with van der Waals surface area (Å²) >= 11 is 0. The number of carbonyl (C=O) groups is 1. The van der Waals surface area contributed by atoms with Crippen LogP contribution in [-0.2, 0) is 0 Å². The van der Waals surface area contributed by atoms with Gasteiger partial charge in [0, 0.05) is 22.3 Å². The van der Waals surface area contributed by atoms with Crippen LogP contribution >= 0.6 is 0 Å². The van der Waals surface area contributed by atoms with Crippen molar-refractivity contribution in [2.75, 3.05) is 4.90 Å². The molecule has 0 aromatic heterocycles. The molecule has 0 aliphatic heterocycles. The molecule has 4 aromatic rings. The van der Waals surface area contributed by atoms with E-state index in [4.69, 9.17) is 0 Å². The van der Waals surface area contributed by atoms with Crippen molar-refractivity contribution in [2.24, 2.45) is 0 Å². The lowest BCUT2D eigenvalue weighted by molar-refractivity contribution is 0.101. The third kappa shape index (κ3) is 2.98. The molecule has 0 unspecified atom stereocenters. The summed E-state index contributed by atoms with van der Waals surface area (Å²) in [6, 6.07) is 32.8. The number of nitrogens with zero attached hydrogens (tertiary/aromatic N) is 1. The van der Waals surface area contributed by atoms with E-state index in [1.165, 1.54) is 10.8 Å². The first kappa shape index (κ1) is 16.1. The van der Waals surface area contributed by atoms with Gasteiger partial charge in [-0.25, -0.2) is 0 Å². The zero-order valence-electron chi connectivity index (χ0n) is 14.6. The molecule has 4 aromatic carbocycles. The van der Waals surface area contributed by atoms with Gasteiger partial charge in [0.05, 0.1) is 5.69 Å². The summed E-state index contributed by atoms with van der Waals surface area (Å²) in [5.41, 5.74) is 3.95. The van der Waals surface area contributed by atoms with Crippen molar-refractivity contribution in [3.8, 4) is 0 Å². The summed E-state index contributed by atoms with van der Waals surface area (Å²) in [5.74, 6) is 0.0768. The Morgan fingerprint density at radius 1 is 0.654 bits per heavy atom. The van der Waals surface area contributed by atoms with Crippen molar-refractivity contribution in [3.63, 3.8) is 0 Å². The quantitative estimate of drug-likeness (QED) is 0.395. The van der Waals surface area contributed by atoms with Gasteiger partial charge < -0.3 is 4.90 Å². The maximum atomic E-state index is 11.6. The Morgan fingerprint density at radius 2 is 1.27 bits per heavy atom. The molecule has 0 heterocycles. The van der Waals surface area contributed by atoms with Gasteiger partial charge in [0.15, 0.2) is 5.78 Å². The first-order chi connectivity index (χ1) is 12.7. The first-order valence-electron chi connectivity index (χ1n) is 8.68. The molecule has 2 heteroatoms. The second kappa shape index (κ2) is 6.85. The average Bonchev–Trinajstić information content (AvgIpc) is 2.70. The van der Waals surface area contributed by atoms with Gasteiger partial charge in [-0.2, -0.15) is 0 Å². The van der Waals surface area contributed by atoms with Crippen LogP contribution in [0.5, 0.6) is 0 Å². The Kier molecular flexibility index (Phi) is 4.24. The van der Waals surface area contributed by atoms with Crippen LogP contribution in [0.15, 0.2) is 97.1 Å². The molecule has 0 aliphatic rings. The smallest absolute Gasteiger partial charge is 0.159 e. The molecule has 0 amide bonds. The molecule has 4 rings (SSSR count). The minimum atomic E-state index is 0.0768. The topological polar surface area (TPSA) is 20.3 Å². The van der Waals surface area contributed by atoms with Crippen molar-refractivity contribution in [3.05, 3.63) is 103 Å². The Hall–Kier alpha value is -3.39. The molecule has 0 spiro atoms. The van der Waals surface area contributed by atoms with Gasteiger partial charge >= 0.3 is 0 Å². The predicted molar refractivity (Wildman–Crippen MR) is 109 cm³/mol. The average molecular weight is 337 g/mol. The first-order valence-corrected chi connectivity index (χ1v) is 8.68. The number of hydrogen-bond acceptors (Lipinski definition) is 2. The van der Waals surface area contributed by atoms with E-state index in [2.05, 4.69) is 59.5 Å². The second-order valence-electron chi connectivity index (χ2n) is 6.27. The van der Waals surface area contributed by atoms with Crippen LogP contribution in [0.3, 0.4) is 0 Å². The molecule has 0 radical (unpaired) electrons. The summed E-state index contributed by atoms with van der Waals surface area (Å²) in [6.45, 7) is 1.59. The van der Waals surface area contributed by atoms with Gasteiger partial charge in [0.1, 0.15) is 0 Å². The number of benzene rings is 4. The molecule has 0 saturated heterocycles. The van der Waals surface area contributed by atoms with Gasteiger partial charge in [-0.15, -0.1) is 0 Å². The van der Waals surface area contributed by atoms with Crippen LogP contribution in [0.4, 0.5) is 17.1 Å². The zero-order valence-corrected chi connectivity index (χ0v) is 14.6. The highest BCUT2D eigenvalue weighted by Gasteiger charge is 2.15. The SMILES string of the molecule is CC(=O)c1ccc(N(c2ccccc2)c2cccc3ccccc23)cc1. The van der Waals surface area contributed by atoms with Crippen molar-refractivity contribution >= 4 is 33.6 Å². The Bertz CT molecular complexity index is 1050. The van der Waals surface area contributed by atoms with Gasteiger partial charge in [-0.3, -0.25) is 4.79 Å². The number of fused-ring (bicyclic) bond motifs is 1. The predicted octanol–water partition coefficient (Wildman–Crippen LogP) is 6.51. The van der Waals surface area contributed by atoms with Gasteiger partial charge in [0.25, 0.3) is 0 Å². The monoisotopic (exact) mass is 337 g/mol. The van der Waals surface area contributed by atoms with Crippen LogP contribution in [0.25, 0.3) is 10.8 Å². The molecule has 0 atom stereocenters. The highest BCUT2D eigenvalue weighted by Crippen LogP contribution is 2.38. The number of ketones is 1. The maximum Gasteiger partial charge on any atom is 0.159 e. The number of carbonyl (C=O) groups excluding carboxylic acids is 1. The van der Waals surface area contributed by atoms with E-state index in [1.54, 1.807) is 6.92 Å². The van der Waals surface area contributed by atoms with E-state index < -0.39 is 0 Å². The fourth-order valence-corrected chi connectivity index (χ4v) is 3.25. The normalized spacial score (nSPS) is 10.7. The van der Waals surface area contributed by atoms with Crippen LogP contribution in [0.1, 0.15) is 17.3 Å². The lowest BCUT2D eigenvalue weighted by Crippen LogP contribution is -2.10. The maximum absolute atomic E-state index is 11.6. The fraction of sp³-hybridized carbons (Fsp3) is 0.0417. The number of anilines is 3. The molecule has 0 N–H and O–H groups in total. The molecule has 26 heavy (non-hydrogen) atoms. The van der Waals surface area contributed by atoms with E-state index in [0.29, 0.717) is 0 Å². The van der Waals surface area contributed by atoms with E-state index >= 15 is 0 Å². The molecule has 0 saturated carbocycles. The third-order valence-corrected chi connectivity index (χ3v) is 4.55. The van der Waals surface area contributed by atoms with Crippen molar-refractivity contribution < 1.29 is 4.79 Å². The molecular formula is C24H19NO. The van der Waals surface area contributed by atoms with E-state index in [9.17, 15) is 4.79 Å². The van der Waals surface area contributed by atoms with Crippen molar-refractivity contribution in [2.45, 2.75) is 6.92 Å². The fourth-order valence-electron chi connectivity index (χ4n) is 3.25. The molecule has 2 nitrogen and oxygen atoms in total. The van der Waals surface area contributed by atoms with Crippen LogP contribution in [0.2, 0.25) is 0 Å². The molecule has 0 bridgehead atoms. The molecule has 0 aliphatic carbocycles. The summed E-state index contributed by atoms with van der Waals surface area (Å²) in [7, 11) is 0. The summed E-state index contributed by atoms with van der Waals surface area (Å²) in [4.78, 5) is 13.9. The molecular weight excluding hydrogens is 318 g/mol.